The zero-order chi connectivity index (χ0) is 11.0. The molecule has 2 rings (SSSR count). The Morgan fingerprint density at radius 2 is 2.27 bits per heavy atom. The highest BCUT2D eigenvalue weighted by molar-refractivity contribution is 9.10. The fraction of sp³-hybridized carbons (Fsp3) is 0.111. The molecule has 0 bridgehead atoms. The molecule has 1 aromatic carbocycles. The number of nitrogens with one attached hydrogen (secondary N) is 1. The number of hydrogen-bond donors (Lipinski definition) is 2. The second-order valence-corrected chi connectivity index (χ2v) is 4.34. The zero-order valence-corrected chi connectivity index (χ0v) is 10.4. The van der Waals surface area contributed by atoms with Gasteiger partial charge in [0, 0.05) is 10.0 Å². The van der Waals surface area contributed by atoms with Crippen LogP contribution in [0.15, 0.2) is 22.7 Å². The number of rotatable bonds is 1. The molecule has 0 saturated heterocycles. The van der Waals surface area contributed by atoms with Crippen molar-refractivity contribution in [3.05, 3.63) is 33.0 Å². The Hall–Kier alpha value is -1.14. The van der Waals surface area contributed by atoms with Crippen LogP contribution in [0, 0.1) is 11.7 Å². The average Bonchev–Trinajstić information content (AvgIpc) is 2.53. The molecule has 0 aliphatic heterocycles. The van der Waals surface area contributed by atoms with Crippen LogP contribution in [0.3, 0.4) is 0 Å². The Labute approximate surface area is 100 Å². The van der Waals surface area contributed by atoms with E-state index in [-0.39, 0.29) is 0 Å². The van der Waals surface area contributed by atoms with Gasteiger partial charge in [0.2, 0.25) is 4.77 Å². The number of nitrogens with zero attached hydrogens (tertiary/aromatic N) is 2. The molecule has 3 N–H and O–H groups in total. The van der Waals surface area contributed by atoms with Crippen LogP contribution >= 0.6 is 28.1 Å². The average molecular weight is 285 g/mol. The van der Waals surface area contributed by atoms with Crippen LogP contribution in [-0.4, -0.2) is 14.9 Å². The number of benzene rings is 1. The first-order valence-corrected chi connectivity index (χ1v) is 5.49. The number of halogens is 1. The van der Waals surface area contributed by atoms with Crippen LogP contribution in [0.5, 0.6) is 0 Å². The summed E-state index contributed by atoms with van der Waals surface area (Å²) in [6.45, 7) is 2.01. The molecule has 0 amide bonds. The maximum absolute atomic E-state index is 5.75. The minimum absolute atomic E-state index is 0.401. The largest absolute Gasteiger partial charge is 0.335 e. The van der Waals surface area contributed by atoms with E-state index in [4.69, 9.17) is 18.1 Å². The van der Waals surface area contributed by atoms with Gasteiger partial charge in [-0.25, -0.2) is 9.77 Å². The summed E-state index contributed by atoms with van der Waals surface area (Å²) in [6.07, 6.45) is 0. The van der Waals surface area contributed by atoms with Crippen molar-refractivity contribution < 1.29 is 0 Å². The summed E-state index contributed by atoms with van der Waals surface area (Å²) in [5, 5.41) is 6.73. The number of aryl methyl sites for hydroxylation is 1. The lowest BCUT2D eigenvalue weighted by Gasteiger charge is -2.05. The van der Waals surface area contributed by atoms with Crippen LogP contribution in [0.1, 0.15) is 5.56 Å². The number of aromatic amines is 1. The minimum Gasteiger partial charge on any atom is -0.335 e. The van der Waals surface area contributed by atoms with Crippen LogP contribution in [0.25, 0.3) is 11.4 Å². The molecule has 0 aliphatic rings. The second-order valence-electron chi connectivity index (χ2n) is 3.16. The molecule has 0 spiro atoms. The summed E-state index contributed by atoms with van der Waals surface area (Å²) in [5.41, 5.74) is 2.05. The number of nitrogen functional groups attached to an aromatic ring is 1. The van der Waals surface area contributed by atoms with Gasteiger partial charge >= 0.3 is 0 Å². The Kier molecular flexibility index (Phi) is 2.62. The predicted molar refractivity (Wildman–Crippen MR) is 65.4 cm³/mol. The van der Waals surface area contributed by atoms with Crippen molar-refractivity contribution in [1.29, 1.82) is 0 Å². The molecule has 0 fully saturated rings. The van der Waals surface area contributed by atoms with Crippen LogP contribution in [-0.2, 0) is 0 Å². The monoisotopic (exact) mass is 284 g/mol. The topological polar surface area (TPSA) is 59.6 Å². The number of hydrogen-bond acceptors (Lipinski definition) is 3. The van der Waals surface area contributed by atoms with Crippen LogP contribution < -0.4 is 5.84 Å². The molecule has 1 aromatic heterocycles. The summed E-state index contributed by atoms with van der Waals surface area (Å²) in [7, 11) is 0. The van der Waals surface area contributed by atoms with E-state index in [2.05, 4.69) is 26.1 Å². The third kappa shape index (κ3) is 1.70. The smallest absolute Gasteiger partial charge is 0.214 e. The van der Waals surface area contributed by atoms with Crippen molar-refractivity contribution in [1.82, 2.24) is 14.9 Å². The predicted octanol–water partition coefficient (Wildman–Crippen LogP) is 2.39. The van der Waals surface area contributed by atoms with Gasteiger partial charge < -0.3 is 5.84 Å². The van der Waals surface area contributed by atoms with Gasteiger partial charge in [-0.3, -0.25) is 0 Å². The number of nitrogens with two attached hydrogens (primary N) is 1. The van der Waals surface area contributed by atoms with Gasteiger partial charge in [-0.2, -0.15) is 5.10 Å². The second kappa shape index (κ2) is 3.79. The van der Waals surface area contributed by atoms with Crippen molar-refractivity contribution in [2.24, 2.45) is 0 Å². The molecule has 2 aromatic rings. The van der Waals surface area contributed by atoms with Crippen LogP contribution in [0.2, 0.25) is 0 Å². The standard InChI is InChI=1S/C9H9BrN4S/c1-5-3-2-4-6(7(5)10)8-12-13-9(15)14(8)11/h2-4H,11H2,1H3,(H,13,15). The van der Waals surface area contributed by atoms with Crippen molar-refractivity contribution in [2.75, 3.05) is 5.84 Å². The molecule has 0 saturated carbocycles. The van der Waals surface area contributed by atoms with E-state index in [1.807, 2.05) is 25.1 Å². The summed E-state index contributed by atoms with van der Waals surface area (Å²) in [4.78, 5) is 0. The van der Waals surface area contributed by atoms with Crippen molar-refractivity contribution in [3.63, 3.8) is 0 Å². The molecular weight excluding hydrogens is 276 g/mol. The number of aromatic nitrogens is 3. The van der Waals surface area contributed by atoms with E-state index in [0.29, 0.717) is 10.6 Å². The van der Waals surface area contributed by atoms with E-state index in [1.54, 1.807) is 0 Å². The van der Waals surface area contributed by atoms with Crippen molar-refractivity contribution in [2.45, 2.75) is 6.92 Å². The van der Waals surface area contributed by atoms with E-state index < -0.39 is 0 Å². The lowest BCUT2D eigenvalue weighted by molar-refractivity contribution is 0.983. The molecule has 78 valence electrons. The highest BCUT2D eigenvalue weighted by Crippen LogP contribution is 2.28. The molecule has 0 atom stereocenters. The fourth-order valence-electron chi connectivity index (χ4n) is 1.31. The first kappa shape index (κ1) is 10.4. The van der Waals surface area contributed by atoms with Gasteiger partial charge in [-0.15, -0.1) is 0 Å². The summed E-state index contributed by atoms with van der Waals surface area (Å²) in [6, 6.07) is 5.90. The molecule has 1 heterocycles. The zero-order valence-electron chi connectivity index (χ0n) is 7.99. The quantitative estimate of drug-likeness (QED) is 0.624. The van der Waals surface area contributed by atoms with E-state index in [0.717, 1.165) is 15.6 Å². The lowest BCUT2D eigenvalue weighted by atomic mass is 10.1. The van der Waals surface area contributed by atoms with Gasteiger partial charge in [0.25, 0.3) is 0 Å². The maximum atomic E-state index is 5.75. The van der Waals surface area contributed by atoms with E-state index >= 15 is 0 Å². The van der Waals surface area contributed by atoms with Crippen LogP contribution in [0.4, 0.5) is 0 Å². The van der Waals surface area contributed by atoms with Crippen molar-refractivity contribution >= 4 is 28.1 Å². The molecule has 15 heavy (non-hydrogen) atoms. The molecule has 4 nitrogen and oxygen atoms in total. The van der Waals surface area contributed by atoms with Gasteiger partial charge in [0.1, 0.15) is 0 Å². The van der Waals surface area contributed by atoms with Gasteiger partial charge in [0.15, 0.2) is 5.82 Å². The summed E-state index contributed by atoms with van der Waals surface area (Å²) >= 11 is 8.46. The maximum Gasteiger partial charge on any atom is 0.214 e. The molecule has 0 unspecified atom stereocenters. The molecule has 0 radical (unpaired) electrons. The third-order valence-electron chi connectivity index (χ3n) is 2.14. The SMILES string of the molecule is Cc1cccc(-c2n[nH]c(=S)n2N)c1Br. The Morgan fingerprint density at radius 1 is 1.53 bits per heavy atom. The lowest BCUT2D eigenvalue weighted by Crippen LogP contribution is -2.10. The van der Waals surface area contributed by atoms with E-state index in [1.165, 1.54) is 4.68 Å². The van der Waals surface area contributed by atoms with Gasteiger partial charge in [-0.05, 0) is 46.7 Å². The Morgan fingerprint density at radius 3 is 2.87 bits per heavy atom. The molecule has 6 heteroatoms. The summed E-state index contributed by atoms with van der Waals surface area (Å²) < 4.78 is 2.73. The van der Waals surface area contributed by atoms with Gasteiger partial charge in [0.05, 0.1) is 0 Å². The normalized spacial score (nSPS) is 10.5. The third-order valence-corrected chi connectivity index (χ3v) is 3.48. The van der Waals surface area contributed by atoms with E-state index in [9.17, 15) is 0 Å². The Balaban J connectivity index is 2.69. The highest BCUT2D eigenvalue weighted by atomic mass is 79.9. The Bertz CT molecular complexity index is 557. The number of H-pyrrole nitrogens is 1. The first-order chi connectivity index (χ1) is 7.11. The molecular formula is C9H9BrN4S. The first-order valence-electron chi connectivity index (χ1n) is 4.29. The van der Waals surface area contributed by atoms with Crippen molar-refractivity contribution in [3.8, 4) is 11.4 Å². The molecule has 0 aliphatic carbocycles. The minimum atomic E-state index is 0.401. The highest BCUT2D eigenvalue weighted by Gasteiger charge is 2.10. The summed E-state index contributed by atoms with van der Waals surface area (Å²) in [5.74, 6) is 6.37. The van der Waals surface area contributed by atoms with Gasteiger partial charge in [-0.1, -0.05) is 12.1 Å². The fourth-order valence-corrected chi connectivity index (χ4v) is 1.89.